The monoisotopic (exact) mass is 449 g/mol. The van der Waals surface area contributed by atoms with Gasteiger partial charge >= 0.3 is 21.7 Å². The van der Waals surface area contributed by atoms with Gasteiger partial charge in [0, 0.05) is 18.7 Å². The number of hydrogen-bond acceptors (Lipinski definition) is 6. The first-order valence-electron chi connectivity index (χ1n) is 9.23. The number of halogens is 3. The molecule has 0 radical (unpaired) electrons. The van der Waals surface area contributed by atoms with Crippen molar-refractivity contribution in [1.82, 2.24) is 14.5 Å². The van der Waals surface area contributed by atoms with Crippen molar-refractivity contribution in [3.05, 3.63) is 30.1 Å². The first-order valence-corrected chi connectivity index (χ1v) is 10.6. The number of likely N-dealkylation sites (tertiary alicyclic amines) is 1. The van der Waals surface area contributed by atoms with Crippen LogP contribution in [-0.2, 0) is 14.9 Å². The normalized spacial score (nSPS) is 16.7. The lowest BCUT2D eigenvalue weighted by Crippen LogP contribution is -2.41. The van der Waals surface area contributed by atoms with E-state index >= 15 is 0 Å². The highest BCUT2D eigenvalue weighted by atomic mass is 32.2. The number of nitrogens with zero attached hydrogens (tertiary/aromatic N) is 3. The second kappa shape index (κ2) is 7.64. The summed E-state index contributed by atoms with van der Waals surface area (Å²) in [6, 6.07) is 2.61. The van der Waals surface area contributed by atoms with Crippen LogP contribution < -0.4 is 4.18 Å². The summed E-state index contributed by atoms with van der Waals surface area (Å²) in [7, 11) is -5.75. The van der Waals surface area contributed by atoms with E-state index in [1.54, 1.807) is 31.9 Å². The van der Waals surface area contributed by atoms with Crippen LogP contribution in [0.15, 0.2) is 24.5 Å². The van der Waals surface area contributed by atoms with Gasteiger partial charge in [-0.3, -0.25) is 0 Å². The van der Waals surface area contributed by atoms with Gasteiger partial charge in [-0.05, 0) is 51.7 Å². The van der Waals surface area contributed by atoms with Crippen LogP contribution in [-0.4, -0.2) is 53.2 Å². The van der Waals surface area contributed by atoms with Gasteiger partial charge in [-0.15, -0.1) is 0 Å². The standard InChI is InChI=1S/C18H22F3N3O5S/c1-17(2,3)28-16(25)23-8-6-12(7-9-23)14-10-22-24-11-13(4-5-15(14)24)29-30(26,27)18(19,20)21/h4-5,10-12H,6-9H2,1-3H3. The van der Waals surface area contributed by atoms with E-state index in [1.807, 2.05) is 0 Å². The molecule has 30 heavy (non-hydrogen) atoms. The van der Waals surface area contributed by atoms with Crippen LogP contribution in [0.1, 0.15) is 45.1 Å². The quantitative estimate of drug-likeness (QED) is 0.525. The van der Waals surface area contributed by atoms with E-state index in [1.165, 1.54) is 10.6 Å². The Labute approximate surface area is 171 Å². The molecule has 166 valence electrons. The minimum absolute atomic E-state index is 0.0897. The lowest BCUT2D eigenvalue weighted by atomic mass is 9.90. The number of fused-ring (bicyclic) bond motifs is 1. The van der Waals surface area contributed by atoms with E-state index in [4.69, 9.17) is 4.74 Å². The molecule has 2 aromatic heterocycles. The lowest BCUT2D eigenvalue weighted by Gasteiger charge is -2.33. The summed E-state index contributed by atoms with van der Waals surface area (Å²) in [5, 5.41) is 4.10. The number of hydrogen-bond donors (Lipinski definition) is 0. The summed E-state index contributed by atoms with van der Waals surface area (Å²) in [6.45, 7) is 6.40. The molecule has 0 N–H and O–H groups in total. The number of piperidine rings is 1. The molecule has 0 bridgehead atoms. The summed E-state index contributed by atoms with van der Waals surface area (Å²) >= 11 is 0. The molecule has 12 heteroatoms. The second-order valence-corrected chi connectivity index (χ2v) is 9.56. The van der Waals surface area contributed by atoms with E-state index in [2.05, 4.69) is 9.28 Å². The molecule has 1 aliphatic heterocycles. The summed E-state index contributed by atoms with van der Waals surface area (Å²) in [4.78, 5) is 13.8. The predicted molar refractivity (Wildman–Crippen MR) is 101 cm³/mol. The summed E-state index contributed by atoms with van der Waals surface area (Å²) in [5.41, 5.74) is -4.60. The number of ether oxygens (including phenoxy) is 1. The molecule has 0 spiro atoms. The summed E-state index contributed by atoms with van der Waals surface area (Å²) in [6.07, 6.45) is 3.64. The number of aromatic nitrogens is 2. The second-order valence-electron chi connectivity index (χ2n) is 8.02. The van der Waals surface area contributed by atoms with Crippen LogP contribution in [0.25, 0.3) is 5.52 Å². The zero-order valence-electron chi connectivity index (χ0n) is 16.6. The Hall–Kier alpha value is -2.50. The number of pyridine rings is 1. The molecule has 2 aromatic rings. The molecule has 8 nitrogen and oxygen atoms in total. The molecule has 1 amide bonds. The van der Waals surface area contributed by atoms with Crippen molar-refractivity contribution in [2.75, 3.05) is 13.1 Å². The summed E-state index contributed by atoms with van der Waals surface area (Å²) in [5.74, 6) is -0.402. The molecule has 0 aliphatic carbocycles. The van der Waals surface area contributed by atoms with Crippen molar-refractivity contribution in [3.8, 4) is 5.75 Å². The lowest BCUT2D eigenvalue weighted by molar-refractivity contribution is -0.0500. The molecule has 0 atom stereocenters. The van der Waals surface area contributed by atoms with E-state index in [0.29, 0.717) is 31.4 Å². The van der Waals surface area contributed by atoms with Crippen molar-refractivity contribution >= 4 is 21.7 Å². The highest BCUT2D eigenvalue weighted by Crippen LogP contribution is 2.33. The minimum Gasteiger partial charge on any atom is -0.444 e. The maximum atomic E-state index is 12.5. The Kier molecular flexibility index (Phi) is 5.65. The van der Waals surface area contributed by atoms with Crippen LogP contribution >= 0.6 is 0 Å². The highest BCUT2D eigenvalue weighted by molar-refractivity contribution is 7.88. The van der Waals surface area contributed by atoms with E-state index < -0.39 is 27.0 Å². The van der Waals surface area contributed by atoms with Crippen LogP contribution in [0, 0.1) is 0 Å². The number of alkyl halides is 3. The van der Waals surface area contributed by atoms with Gasteiger partial charge in [0.25, 0.3) is 0 Å². The minimum atomic E-state index is -5.75. The molecule has 1 fully saturated rings. The molecule has 0 unspecified atom stereocenters. The predicted octanol–water partition coefficient (Wildman–Crippen LogP) is 3.68. The molecule has 3 heterocycles. The maximum Gasteiger partial charge on any atom is 0.534 e. The number of carbonyl (C=O) groups excluding carboxylic acids is 1. The maximum absolute atomic E-state index is 12.5. The van der Waals surface area contributed by atoms with Crippen molar-refractivity contribution in [1.29, 1.82) is 0 Å². The SMILES string of the molecule is CC(C)(C)OC(=O)N1CCC(c2cnn3cc(OS(=O)(=O)C(F)(F)F)ccc23)CC1. The third kappa shape index (κ3) is 4.79. The molecule has 1 aliphatic rings. The third-order valence-corrected chi connectivity index (χ3v) is 5.57. The Morgan fingerprint density at radius 3 is 2.37 bits per heavy atom. The highest BCUT2D eigenvalue weighted by Gasteiger charge is 2.48. The third-order valence-electron chi connectivity index (χ3n) is 4.59. The van der Waals surface area contributed by atoms with Gasteiger partial charge in [-0.2, -0.15) is 26.7 Å². The van der Waals surface area contributed by atoms with Crippen LogP contribution in [0.2, 0.25) is 0 Å². The number of amides is 1. The molecule has 1 saturated heterocycles. The molecule has 3 rings (SSSR count). The van der Waals surface area contributed by atoms with Crippen LogP contribution in [0.5, 0.6) is 5.75 Å². The topological polar surface area (TPSA) is 90.2 Å². The van der Waals surface area contributed by atoms with E-state index in [9.17, 15) is 26.4 Å². The van der Waals surface area contributed by atoms with Gasteiger partial charge in [0.1, 0.15) is 5.60 Å². The van der Waals surface area contributed by atoms with Crippen LogP contribution in [0.3, 0.4) is 0 Å². The summed E-state index contributed by atoms with van der Waals surface area (Å²) < 4.78 is 70.6. The van der Waals surface area contributed by atoms with Crippen molar-refractivity contribution in [2.24, 2.45) is 0 Å². The van der Waals surface area contributed by atoms with Crippen molar-refractivity contribution < 1.29 is 35.3 Å². The zero-order valence-corrected chi connectivity index (χ0v) is 17.5. The average Bonchev–Trinajstić information content (AvgIpc) is 3.02. The zero-order chi connectivity index (χ0) is 22.3. The number of rotatable bonds is 3. The Bertz CT molecular complexity index is 1040. The van der Waals surface area contributed by atoms with E-state index in [-0.39, 0.29) is 12.0 Å². The van der Waals surface area contributed by atoms with Gasteiger partial charge in [0.15, 0.2) is 5.75 Å². The van der Waals surface area contributed by atoms with Gasteiger partial charge < -0.3 is 13.8 Å². The molecule has 0 saturated carbocycles. The average molecular weight is 449 g/mol. The van der Waals surface area contributed by atoms with E-state index in [0.717, 1.165) is 17.8 Å². The molecular weight excluding hydrogens is 427 g/mol. The number of carbonyl (C=O) groups is 1. The smallest absolute Gasteiger partial charge is 0.444 e. The fourth-order valence-corrected chi connectivity index (χ4v) is 3.67. The fraction of sp³-hybridized carbons (Fsp3) is 0.556. The van der Waals surface area contributed by atoms with Gasteiger partial charge in [0.05, 0.1) is 17.9 Å². The van der Waals surface area contributed by atoms with Gasteiger partial charge in [-0.25, -0.2) is 9.31 Å². The van der Waals surface area contributed by atoms with Crippen LogP contribution in [0.4, 0.5) is 18.0 Å². The fourth-order valence-electron chi connectivity index (χ4n) is 3.22. The Morgan fingerprint density at radius 1 is 1.17 bits per heavy atom. The van der Waals surface area contributed by atoms with Gasteiger partial charge in [0.2, 0.25) is 0 Å². The van der Waals surface area contributed by atoms with Crippen molar-refractivity contribution in [3.63, 3.8) is 0 Å². The Morgan fingerprint density at radius 2 is 1.80 bits per heavy atom. The molecule has 0 aromatic carbocycles. The van der Waals surface area contributed by atoms with Gasteiger partial charge in [-0.1, -0.05) is 0 Å². The molecular formula is C18H22F3N3O5S. The largest absolute Gasteiger partial charge is 0.534 e. The first-order chi connectivity index (χ1) is 13.8. The van der Waals surface area contributed by atoms with Crippen molar-refractivity contribution in [2.45, 2.75) is 50.6 Å². The Balaban J connectivity index is 1.71. The first kappa shape index (κ1) is 22.2.